The number of nitrogens with two attached hydrogens (primary N) is 1. The number of hydrogen-bond donors (Lipinski definition) is 2. The molecule has 0 atom stereocenters. The Kier molecular flexibility index (Phi) is 5.36. The Morgan fingerprint density at radius 3 is 2.73 bits per heavy atom. The van der Waals surface area contributed by atoms with E-state index in [1.807, 2.05) is 24.3 Å². The van der Waals surface area contributed by atoms with Gasteiger partial charge in [0.05, 0.1) is 20.1 Å². The van der Waals surface area contributed by atoms with Crippen LogP contribution in [0.25, 0.3) is 10.2 Å². The summed E-state index contributed by atoms with van der Waals surface area (Å²) in [7, 11) is -3.82. The smallest absolute Gasteiger partial charge is 0.238 e. The van der Waals surface area contributed by atoms with Gasteiger partial charge in [-0.1, -0.05) is 18.2 Å². The zero-order valence-electron chi connectivity index (χ0n) is 14.2. The van der Waals surface area contributed by atoms with Crippen molar-refractivity contribution in [1.82, 2.24) is 4.98 Å². The topological polar surface area (TPSA) is 102 Å². The van der Waals surface area contributed by atoms with E-state index in [4.69, 9.17) is 5.14 Å². The molecule has 26 heavy (non-hydrogen) atoms. The number of primary sulfonamides is 1. The van der Waals surface area contributed by atoms with Crippen LogP contribution in [0, 0.1) is 6.92 Å². The van der Waals surface area contributed by atoms with Crippen molar-refractivity contribution in [1.29, 1.82) is 0 Å². The number of carbonyl (C=O) groups is 1. The first-order valence-corrected chi connectivity index (χ1v) is 10.5. The number of fused-ring (bicyclic) bond motifs is 1. The van der Waals surface area contributed by atoms with Gasteiger partial charge in [-0.3, -0.25) is 4.79 Å². The quantitative estimate of drug-likeness (QED) is 0.676. The minimum Gasteiger partial charge on any atom is -0.326 e. The number of thiazole rings is 1. The Bertz CT molecular complexity index is 1030. The predicted octanol–water partition coefficient (Wildman–Crippen LogP) is 3.21. The fraction of sp³-hybridized carbons (Fsp3) is 0.222. The Morgan fingerprint density at radius 1 is 1.23 bits per heavy atom. The van der Waals surface area contributed by atoms with E-state index in [0.717, 1.165) is 21.6 Å². The Morgan fingerprint density at radius 2 is 2.00 bits per heavy atom. The highest BCUT2D eigenvalue weighted by Crippen LogP contribution is 2.23. The highest BCUT2D eigenvalue weighted by Gasteiger charge is 2.13. The van der Waals surface area contributed by atoms with Gasteiger partial charge >= 0.3 is 0 Å². The molecule has 0 aliphatic carbocycles. The zero-order valence-corrected chi connectivity index (χ0v) is 15.9. The molecule has 1 heterocycles. The minimum atomic E-state index is -3.82. The molecule has 0 spiro atoms. The first-order valence-electron chi connectivity index (χ1n) is 8.11. The first kappa shape index (κ1) is 18.5. The van der Waals surface area contributed by atoms with Crippen molar-refractivity contribution in [2.45, 2.75) is 31.1 Å². The summed E-state index contributed by atoms with van der Waals surface area (Å²) in [6.07, 6.45) is 1.72. The molecule has 136 valence electrons. The van der Waals surface area contributed by atoms with Gasteiger partial charge in [0.25, 0.3) is 0 Å². The Labute approximate surface area is 156 Å². The van der Waals surface area contributed by atoms with Gasteiger partial charge in [-0.05, 0) is 49.6 Å². The number of carbonyl (C=O) groups excluding carboxylic acids is 1. The maximum Gasteiger partial charge on any atom is 0.238 e. The molecule has 0 aliphatic rings. The van der Waals surface area contributed by atoms with Gasteiger partial charge in [-0.25, -0.2) is 18.5 Å². The van der Waals surface area contributed by atoms with Crippen molar-refractivity contribution < 1.29 is 13.2 Å². The van der Waals surface area contributed by atoms with E-state index < -0.39 is 10.0 Å². The summed E-state index contributed by atoms with van der Waals surface area (Å²) in [5, 5.41) is 8.91. The lowest BCUT2D eigenvalue weighted by molar-refractivity contribution is -0.116. The monoisotopic (exact) mass is 389 g/mol. The standard InChI is InChI=1S/C18H19N3O3S2/c1-12-9-10-13(11-16(12)26(19,23)24)20-17(22)7-4-8-18-21-14-5-2-3-6-15(14)25-18/h2-3,5-6,9-11H,4,7-8H2,1H3,(H,20,22)(H2,19,23,24). The molecule has 3 aromatic rings. The van der Waals surface area contributed by atoms with Crippen LogP contribution in [0.2, 0.25) is 0 Å². The van der Waals surface area contributed by atoms with Crippen molar-refractivity contribution in [2.75, 3.05) is 5.32 Å². The molecular formula is C18H19N3O3S2. The van der Waals surface area contributed by atoms with Crippen LogP contribution in [-0.4, -0.2) is 19.3 Å². The molecule has 0 radical (unpaired) electrons. The van der Waals surface area contributed by atoms with E-state index in [2.05, 4.69) is 10.3 Å². The highest BCUT2D eigenvalue weighted by molar-refractivity contribution is 7.89. The van der Waals surface area contributed by atoms with Crippen LogP contribution in [0.3, 0.4) is 0 Å². The van der Waals surface area contributed by atoms with E-state index in [1.165, 1.54) is 6.07 Å². The number of benzene rings is 2. The van der Waals surface area contributed by atoms with Crippen LogP contribution in [0.15, 0.2) is 47.4 Å². The predicted molar refractivity (Wildman–Crippen MR) is 104 cm³/mol. The molecule has 0 saturated heterocycles. The maximum atomic E-state index is 12.1. The summed E-state index contributed by atoms with van der Waals surface area (Å²) < 4.78 is 24.2. The van der Waals surface area contributed by atoms with Gasteiger partial charge in [0.2, 0.25) is 15.9 Å². The molecule has 6 nitrogen and oxygen atoms in total. The second kappa shape index (κ2) is 7.53. The summed E-state index contributed by atoms with van der Waals surface area (Å²) in [5.41, 5.74) is 1.94. The number of sulfonamides is 1. The summed E-state index contributed by atoms with van der Waals surface area (Å²) >= 11 is 1.64. The third-order valence-corrected chi connectivity index (χ3v) is 6.06. The van der Waals surface area contributed by atoms with Crippen LogP contribution < -0.4 is 10.5 Å². The number of rotatable bonds is 6. The fourth-order valence-corrected chi connectivity index (χ4v) is 4.45. The van der Waals surface area contributed by atoms with E-state index >= 15 is 0 Å². The third-order valence-electron chi connectivity index (χ3n) is 3.91. The summed E-state index contributed by atoms with van der Waals surface area (Å²) in [6, 6.07) is 12.6. The summed E-state index contributed by atoms with van der Waals surface area (Å²) in [4.78, 5) is 16.7. The number of aryl methyl sites for hydroxylation is 2. The van der Waals surface area contributed by atoms with Gasteiger partial charge in [-0.15, -0.1) is 11.3 Å². The Balaban J connectivity index is 1.57. The van der Waals surface area contributed by atoms with Crippen molar-refractivity contribution >= 4 is 43.2 Å². The number of anilines is 1. The third kappa shape index (κ3) is 4.46. The zero-order chi connectivity index (χ0) is 18.7. The highest BCUT2D eigenvalue weighted by atomic mass is 32.2. The number of nitrogens with zero attached hydrogens (tertiary/aromatic N) is 1. The lowest BCUT2D eigenvalue weighted by Gasteiger charge is -2.08. The Hall–Kier alpha value is -2.29. The average Bonchev–Trinajstić information content (AvgIpc) is 2.98. The van der Waals surface area contributed by atoms with E-state index in [0.29, 0.717) is 24.1 Å². The van der Waals surface area contributed by atoms with Gasteiger partial charge in [0.15, 0.2) is 0 Å². The van der Waals surface area contributed by atoms with E-state index in [1.54, 1.807) is 30.4 Å². The maximum absolute atomic E-state index is 12.1. The molecular weight excluding hydrogens is 370 g/mol. The molecule has 2 aromatic carbocycles. The molecule has 3 rings (SSSR count). The number of nitrogens with one attached hydrogen (secondary N) is 1. The molecule has 0 aliphatic heterocycles. The molecule has 1 aromatic heterocycles. The van der Waals surface area contributed by atoms with Gasteiger partial charge in [0.1, 0.15) is 0 Å². The summed E-state index contributed by atoms with van der Waals surface area (Å²) in [5.74, 6) is -0.171. The summed E-state index contributed by atoms with van der Waals surface area (Å²) in [6.45, 7) is 1.66. The minimum absolute atomic E-state index is 0.0183. The van der Waals surface area contributed by atoms with Crippen molar-refractivity contribution in [3.05, 3.63) is 53.0 Å². The van der Waals surface area contributed by atoms with Crippen molar-refractivity contribution in [3.63, 3.8) is 0 Å². The van der Waals surface area contributed by atoms with Crippen molar-refractivity contribution in [2.24, 2.45) is 5.14 Å². The molecule has 1 amide bonds. The average molecular weight is 390 g/mol. The van der Waals surface area contributed by atoms with Crippen LogP contribution in [0.1, 0.15) is 23.4 Å². The normalized spacial score (nSPS) is 11.6. The number of amides is 1. The largest absolute Gasteiger partial charge is 0.326 e. The number of para-hydroxylation sites is 1. The van der Waals surface area contributed by atoms with Crippen LogP contribution in [0.5, 0.6) is 0 Å². The SMILES string of the molecule is Cc1ccc(NC(=O)CCCc2nc3ccccc3s2)cc1S(N)(=O)=O. The lowest BCUT2D eigenvalue weighted by atomic mass is 10.2. The number of aromatic nitrogens is 1. The molecule has 0 saturated carbocycles. The van der Waals surface area contributed by atoms with Crippen LogP contribution in [0.4, 0.5) is 5.69 Å². The van der Waals surface area contributed by atoms with Gasteiger partial charge in [0, 0.05) is 12.1 Å². The first-order chi connectivity index (χ1) is 12.3. The van der Waals surface area contributed by atoms with Crippen molar-refractivity contribution in [3.8, 4) is 0 Å². The van der Waals surface area contributed by atoms with Crippen LogP contribution in [-0.2, 0) is 21.2 Å². The van der Waals surface area contributed by atoms with E-state index in [-0.39, 0.29) is 10.8 Å². The molecule has 3 N–H and O–H groups in total. The fourth-order valence-electron chi connectivity index (χ4n) is 2.63. The molecule has 0 bridgehead atoms. The second-order valence-electron chi connectivity index (χ2n) is 6.00. The number of hydrogen-bond acceptors (Lipinski definition) is 5. The van der Waals surface area contributed by atoms with Crippen LogP contribution >= 0.6 is 11.3 Å². The molecule has 0 unspecified atom stereocenters. The molecule has 0 fully saturated rings. The molecule has 8 heteroatoms. The van der Waals surface area contributed by atoms with Gasteiger partial charge < -0.3 is 5.32 Å². The van der Waals surface area contributed by atoms with Gasteiger partial charge in [-0.2, -0.15) is 0 Å². The lowest BCUT2D eigenvalue weighted by Crippen LogP contribution is -2.16. The van der Waals surface area contributed by atoms with E-state index in [9.17, 15) is 13.2 Å². The second-order valence-corrected chi connectivity index (χ2v) is 8.65.